The van der Waals surface area contributed by atoms with Crippen molar-refractivity contribution in [3.8, 4) is 5.75 Å². The molecule has 1 aromatic carbocycles. The third-order valence-electron chi connectivity index (χ3n) is 10.3. The van der Waals surface area contributed by atoms with Gasteiger partial charge in [-0.1, -0.05) is 66.5 Å². The number of ether oxygens (including phenoxy) is 1. The highest BCUT2D eigenvalue weighted by Gasteiger charge is 2.39. The number of aliphatic carboxylic acids is 1. The minimum Gasteiger partial charge on any atom is -0.508 e. The Morgan fingerprint density at radius 3 is 2.33 bits per heavy atom. The normalized spacial score (nSPS) is 18.0. The van der Waals surface area contributed by atoms with Crippen molar-refractivity contribution in [1.82, 2.24) is 25.4 Å². The Balaban J connectivity index is 1.90. The number of thiazole rings is 1. The van der Waals surface area contributed by atoms with Crippen molar-refractivity contribution in [1.29, 1.82) is 0 Å². The Kier molecular flexibility index (Phi) is 18.4. The number of esters is 1. The molecule has 4 N–H and O–H groups in total. The number of hydrogen-bond acceptors (Lipinski definition) is 11. The fourth-order valence-electron chi connectivity index (χ4n) is 6.84. The third kappa shape index (κ3) is 13.8. The molecule has 55 heavy (non-hydrogen) atoms. The number of hydrogen-bond donors (Lipinski definition) is 4. The summed E-state index contributed by atoms with van der Waals surface area (Å²) in [5, 5.41) is 27.3. The molecule has 13 nitrogen and oxygen atoms in total. The number of benzene rings is 1. The first-order chi connectivity index (χ1) is 26.1. The van der Waals surface area contributed by atoms with E-state index in [2.05, 4.69) is 20.5 Å². The first-order valence-corrected chi connectivity index (χ1v) is 21.4. The Labute approximate surface area is 334 Å². The summed E-state index contributed by atoms with van der Waals surface area (Å²) in [5.74, 6) is -2.04. The van der Waals surface area contributed by atoms with Gasteiger partial charge in [-0.05, 0) is 74.6 Å². The van der Waals surface area contributed by atoms with Crippen molar-refractivity contribution in [3.63, 3.8) is 0 Å². The summed E-state index contributed by atoms with van der Waals surface area (Å²) in [6, 6.07) is 4.52. The van der Waals surface area contributed by atoms with Crippen LogP contribution in [0.15, 0.2) is 29.6 Å². The summed E-state index contributed by atoms with van der Waals surface area (Å²) in [6.45, 7) is 13.7. The molecule has 1 aromatic heterocycles. The molecule has 3 rings (SSSR count). The van der Waals surface area contributed by atoms with Crippen LogP contribution in [0.3, 0.4) is 0 Å². The van der Waals surface area contributed by atoms with Gasteiger partial charge in [-0.3, -0.25) is 28.9 Å². The number of rotatable bonds is 21. The third-order valence-corrected chi connectivity index (χ3v) is 12.2. The molecule has 0 spiro atoms. The lowest BCUT2D eigenvalue weighted by Crippen LogP contribution is -2.58. The van der Waals surface area contributed by atoms with E-state index in [0.29, 0.717) is 23.7 Å². The fourth-order valence-corrected chi connectivity index (χ4v) is 8.38. The maximum atomic E-state index is 14.7. The molecule has 2 heterocycles. The van der Waals surface area contributed by atoms with E-state index in [4.69, 9.17) is 4.74 Å². The second kappa shape index (κ2) is 22.2. The van der Waals surface area contributed by atoms with Crippen LogP contribution in [0.25, 0.3) is 0 Å². The van der Waals surface area contributed by atoms with Crippen LogP contribution >= 0.6 is 23.1 Å². The van der Waals surface area contributed by atoms with Crippen LogP contribution in [0, 0.1) is 17.8 Å². The van der Waals surface area contributed by atoms with Crippen LogP contribution < -0.4 is 10.6 Å². The van der Waals surface area contributed by atoms with Gasteiger partial charge in [0.2, 0.25) is 11.8 Å². The zero-order chi connectivity index (χ0) is 40.8. The van der Waals surface area contributed by atoms with Gasteiger partial charge < -0.3 is 30.5 Å². The molecule has 0 bridgehead atoms. The molecule has 15 heteroatoms. The number of likely N-dealkylation sites (tertiary alicyclic amines) is 1. The number of amides is 3. The Bertz CT molecular complexity index is 1570. The highest BCUT2D eigenvalue weighted by molar-refractivity contribution is 7.99. The number of aromatic hydroxyl groups is 1. The van der Waals surface area contributed by atoms with E-state index in [0.717, 1.165) is 37.1 Å². The fraction of sp³-hybridized carbons (Fsp3) is 0.650. The van der Waals surface area contributed by atoms with E-state index < -0.39 is 48.0 Å². The summed E-state index contributed by atoms with van der Waals surface area (Å²) in [5.41, 5.74) is 0.907. The van der Waals surface area contributed by atoms with Crippen molar-refractivity contribution >= 4 is 52.8 Å². The highest BCUT2D eigenvalue weighted by atomic mass is 32.2. The molecule has 3 amide bonds. The number of carboxylic acids is 1. The van der Waals surface area contributed by atoms with Crippen molar-refractivity contribution in [2.45, 2.75) is 124 Å². The number of phenolic OH excluding ortho intramolecular Hbond substituents is 1. The predicted molar refractivity (Wildman–Crippen MR) is 216 cm³/mol. The molecule has 0 aliphatic carbocycles. The zero-order valence-corrected chi connectivity index (χ0v) is 35.2. The monoisotopic (exact) mass is 803 g/mol. The number of phenols is 1. The number of carboxylic acid groups (broad SMARTS) is 1. The maximum absolute atomic E-state index is 14.7. The van der Waals surface area contributed by atoms with Crippen LogP contribution in [0.4, 0.5) is 0 Å². The van der Waals surface area contributed by atoms with Gasteiger partial charge in [-0.2, -0.15) is 0 Å². The second-order valence-electron chi connectivity index (χ2n) is 15.0. The molecule has 306 valence electrons. The average Bonchev–Trinajstić information content (AvgIpc) is 3.64. The summed E-state index contributed by atoms with van der Waals surface area (Å²) in [6.07, 6.45) is 3.27. The molecule has 1 fully saturated rings. The van der Waals surface area contributed by atoms with E-state index in [1.165, 1.54) is 30.4 Å². The van der Waals surface area contributed by atoms with Gasteiger partial charge in [0.1, 0.15) is 22.5 Å². The Morgan fingerprint density at radius 1 is 1.05 bits per heavy atom. The molecular formula is C40H61N5O8S2. The number of piperidine rings is 1. The minimum absolute atomic E-state index is 0.0724. The average molecular weight is 804 g/mol. The molecule has 1 aliphatic heterocycles. The van der Waals surface area contributed by atoms with E-state index in [-0.39, 0.29) is 54.0 Å². The largest absolute Gasteiger partial charge is 0.508 e. The number of nitrogens with one attached hydrogen (secondary N) is 2. The van der Waals surface area contributed by atoms with Gasteiger partial charge in [-0.15, -0.1) is 23.1 Å². The number of carbonyl (C=O) groups is 5. The summed E-state index contributed by atoms with van der Waals surface area (Å²) in [4.78, 5) is 74.6. The smallest absolute Gasteiger partial charge is 0.306 e. The van der Waals surface area contributed by atoms with Gasteiger partial charge in [0.15, 0.2) is 6.10 Å². The van der Waals surface area contributed by atoms with Crippen LogP contribution in [-0.2, 0) is 30.3 Å². The number of thioether (sulfide) groups is 1. The summed E-state index contributed by atoms with van der Waals surface area (Å²) in [7, 11) is 1.95. The first kappa shape index (κ1) is 45.7. The Morgan fingerprint density at radius 2 is 1.75 bits per heavy atom. The topological polar surface area (TPSA) is 178 Å². The summed E-state index contributed by atoms with van der Waals surface area (Å²) >= 11 is 2.76. The number of carbonyl (C=O) groups excluding carboxylic acids is 4. The lowest BCUT2D eigenvalue weighted by atomic mass is 9.92. The number of aromatic nitrogens is 1. The number of nitrogens with zero attached hydrogens (tertiary/aromatic N) is 3. The second-order valence-corrected chi connectivity index (χ2v) is 17.2. The first-order valence-electron chi connectivity index (χ1n) is 19.4. The predicted octanol–water partition coefficient (Wildman–Crippen LogP) is 5.87. The zero-order valence-electron chi connectivity index (χ0n) is 33.6. The van der Waals surface area contributed by atoms with Crippen molar-refractivity contribution in [3.05, 3.63) is 45.9 Å². The van der Waals surface area contributed by atoms with Gasteiger partial charge in [-0.25, -0.2) is 4.98 Å². The van der Waals surface area contributed by atoms with Crippen LogP contribution in [-0.4, -0.2) is 104 Å². The molecule has 2 aromatic rings. The van der Waals surface area contributed by atoms with Gasteiger partial charge in [0, 0.05) is 30.8 Å². The van der Waals surface area contributed by atoms with Gasteiger partial charge in [0.05, 0.1) is 17.8 Å². The molecule has 7 atom stereocenters. The highest BCUT2D eigenvalue weighted by Crippen LogP contribution is 2.32. The standard InChI is InChI=1S/C40H61N5O8S2/c1-9-25(5)35(43-37(49)32-13-11-12-18-44(32)8)39(50)45(23-54-10-2)33(24(3)4)21-34(53-27(7)46)38-42-31(22-55-38)36(48)41-29(19-26(6)40(51)52)20-28-14-16-30(47)17-15-28/h14-17,22,24-26,29,32-35,47H,9-13,18-21,23H2,1-8H3,(H,41,48)(H,43,49)(H,51,52)/t25-,26-,29+,32+,33+,34+,35-/m0/s1. The van der Waals surface area contributed by atoms with E-state index >= 15 is 0 Å². The van der Waals surface area contributed by atoms with Crippen molar-refractivity contribution < 1.29 is 38.9 Å². The molecule has 0 radical (unpaired) electrons. The van der Waals surface area contributed by atoms with Crippen LogP contribution in [0.2, 0.25) is 0 Å². The summed E-state index contributed by atoms with van der Waals surface area (Å²) < 4.78 is 5.85. The lowest BCUT2D eigenvalue weighted by Gasteiger charge is -2.40. The van der Waals surface area contributed by atoms with E-state index in [9.17, 15) is 34.2 Å². The lowest BCUT2D eigenvalue weighted by molar-refractivity contribution is -0.149. The van der Waals surface area contributed by atoms with Crippen molar-refractivity contribution in [2.24, 2.45) is 17.8 Å². The molecule has 0 saturated carbocycles. The van der Waals surface area contributed by atoms with Crippen molar-refractivity contribution in [2.75, 3.05) is 25.2 Å². The SMILES string of the molecule is CCSCN(C(=O)[C@@H](NC(=O)[C@H]1CCCCN1C)[C@@H](C)CC)[C@H](C[C@@H](OC(C)=O)c1nc(C(=O)N[C@@H](Cc2ccc(O)cc2)C[C@H](C)C(=O)O)cs1)C(C)C. The number of likely N-dealkylation sites (N-methyl/N-ethyl adjacent to an activating group) is 1. The Hall–Kier alpha value is -3.69. The molecule has 1 saturated heterocycles. The van der Waals surface area contributed by atoms with Crippen LogP contribution in [0.1, 0.15) is 114 Å². The maximum Gasteiger partial charge on any atom is 0.306 e. The molecular weight excluding hydrogens is 743 g/mol. The minimum atomic E-state index is -0.982. The molecule has 0 unspecified atom stereocenters. The van der Waals surface area contributed by atoms with Gasteiger partial charge in [0.25, 0.3) is 5.91 Å². The quantitative estimate of drug-likeness (QED) is 0.0876. The van der Waals surface area contributed by atoms with Crippen LogP contribution in [0.5, 0.6) is 5.75 Å². The molecule has 1 aliphatic rings. The van der Waals surface area contributed by atoms with E-state index in [1.54, 1.807) is 36.2 Å². The van der Waals surface area contributed by atoms with Gasteiger partial charge >= 0.3 is 11.9 Å². The van der Waals surface area contributed by atoms with E-state index in [1.807, 2.05) is 46.6 Å².